The zero-order valence-electron chi connectivity index (χ0n) is 20.3. The summed E-state index contributed by atoms with van der Waals surface area (Å²) in [5, 5.41) is 6.99. The standard InChI is InChI=1S/C26H31N5O2S/c1-16(2)34(32)22-11-12-23(17(3)13-22)24-15-29-18(4)25(30-24)26(31-27)33-19(5)21-9-7-20(8-10-21)14-28-6/h7-13,15-16,28H,5,14,27H2,1-4,6H3/b31-26-. The molecule has 34 heavy (non-hydrogen) atoms. The molecule has 3 rings (SSSR count). The fourth-order valence-electron chi connectivity index (χ4n) is 3.43. The van der Waals surface area contributed by atoms with E-state index in [1.54, 1.807) is 6.20 Å². The van der Waals surface area contributed by atoms with Crippen molar-refractivity contribution in [2.75, 3.05) is 7.05 Å². The first-order valence-electron chi connectivity index (χ1n) is 11.0. The highest BCUT2D eigenvalue weighted by Gasteiger charge is 2.19. The number of hydrogen-bond donors (Lipinski definition) is 2. The maximum absolute atomic E-state index is 12.5. The van der Waals surface area contributed by atoms with Crippen molar-refractivity contribution in [3.63, 3.8) is 0 Å². The molecule has 1 aromatic heterocycles. The van der Waals surface area contributed by atoms with Gasteiger partial charge in [0.25, 0.3) is 5.90 Å². The second-order valence-corrected chi connectivity index (χ2v) is 10.2. The molecule has 1 atom stereocenters. The molecule has 0 amide bonds. The second kappa shape index (κ2) is 11.3. The highest BCUT2D eigenvalue weighted by atomic mass is 32.2. The minimum atomic E-state index is -1.06. The van der Waals surface area contributed by atoms with Gasteiger partial charge in [-0.3, -0.25) is 4.98 Å². The summed E-state index contributed by atoms with van der Waals surface area (Å²) in [6.07, 6.45) is 1.70. The van der Waals surface area contributed by atoms with E-state index in [9.17, 15) is 4.55 Å². The number of benzene rings is 2. The van der Waals surface area contributed by atoms with Crippen molar-refractivity contribution in [2.45, 2.75) is 44.4 Å². The zero-order valence-corrected chi connectivity index (χ0v) is 21.1. The Morgan fingerprint density at radius 1 is 1.21 bits per heavy atom. The van der Waals surface area contributed by atoms with Crippen LogP contribution < -0.4 is 11.2 Å². The number of hydrazone groups is 1. The van der Waals surface area contributed by atoms with Gasteiger partial charge >= 0.3 is 0 Å². The number of hydrogen-bond acceptors (Lipinski definition) is 7. The van der Waals surface area contributed by atoms with Crippen LogP contribution in [0.25, 0.3) is 17.0 Å². The minimum absolute atomic E-state index is 0.0455. The fraction of sp³-hybridized carbons (Fsp3) is 0.269. The molecule has 8 heteroatoms. The van der Waals surface area contributed by atoms with E-state index in [2.05, 4.69) is 22.0 Å². The van der Waals surface area contributed by atoms with Crippen LogP contribution >= 0.6 is 0 Å². The predicted octanol–water partition coefficient (Wildman–Crippen LogP) is 4.30. The van der Waals surface area contributed by atoms with Crippen molar-refractivity contribution in [1.82, 2.24) is 15.3 Å². The minimum Gasteiger partial charge on any atom is -0.611 e. The third-order valence-corrected chi connectivity index (χ3v) is 6.86. The van der Waals surface area contributed by atoms with Gasteiger partial charge in [0.1, 0.15) is 16.7 Å². The lowest BCUT2D eigenvalue weighted by molar-refractivity contribution is 0.504. The van der Waals surface area contributed by atoms with Crippen molar-refractivity contribution < 1.29 is 9.29 Å². The lowest BCUT2D eigenvalue weighted by Gasteiger charge is -2.16. The Hall–Kier alpha value is -3.20. The van der Waals surface area contributed by atoms with Gasteiger partial charge in [0, 0.05) is 17.7 Å². The molecule has 3 N–H and O–H groups in total. The van der Waals surface area contributed by atoms with Crippen molar-refractivity contribution in [1.29, 1.82) is 0 Å². The van der Waals surface area contributed by atoms with E-state index in [0.29, 0.717) is 22.8 Å². The topological polar surface area (TPSA) is 108 Å². The summed E-state index contributed by atoms with van der Waals surface area (Å²) in [6.45, 7) is 12.5. The molecule has 3 aromatic rings. The Kier molecular flexibility index (Phi) is 8.44. The third kappa shape index (κ3) is 5.83. The summed E-state index contributed by atoms with van der Waals surface area (Å²) in [7, 11) is 1.90. The molecule has 0 spiro atoms. The summed E-state index contributed by atoms with van der Waals surface area (Å²) >= 11 is -1.06. The number of nitrogens with zero attached hydrogens (tertiary/aromatic N) is 3. The Balaban J connectivity index is 1.88. The summed E-state index contributed by atoms with van der Waals surface area (Å²) in [6, 6.07) is 13.6. The van der Waals surface area contributed by atoms with E-state index >= 15 is 0 Å². The molecule has 0 saturated heterocycles. The van der Waals surface area contributed by atoms with Gasteiger partial charge in [-0.1, -0.05) is 30.8 Å². The summed E-state index contributed by atoms with van der Waals surface area (Å²) in [5.74, 6) is 6.21. The maximum atomic E-state index is 12.5. The summed E-state index contributed by atoms with van der Waals surface area (Å²) < 4.78 is 18.4. The van der Waals surface area contributed by atoms with Crippen LogP contribution in [0.2, 0.25) is 0 Å². The molecule has 7 nitrogen and oxygen atoms in total. The first-order chi connectivity index (χ1) is 16.2. The fourth-order valence-corrected chi connectivity index (χ4v) is 4.47. The Morgan fingerprint density at radius 2 is 1.91 bits per heavy atom. The van der Waals surface area contributed by atoms with Gasteiger partial charge in [0.15, 0.2) is 4.90 Å². The largest absolute Gasteiger partial charge is 0.611 e. The maximum Gasteiger partial charge on any atom is 0.263 e. The van der Waals surface area contributed by atoms with Crippen LogP contribution in [0.5, 0.6) is 0 Å². The van der Waals surface area contributed by atoms with Gasteiger partial charge in [-0.25, -0.2) is 4.98 Å². The molecule has 178 valence electrons. The molecule has 1 heterocycles. The van der Waals surface area contributed by atoms with Gasteiger partial charge in [0.2, 0.25) is 0 Å². The monoisotopic (exact) mass is 477 g/mol. The van der Waals surface area contributed by atoms with Crippen LogP contribution in [-0.4, -0.2) is 32.7 Å². The Morgan fingerprint density at radius 3 is 2.50 bits per heavy atom. The van der Waals surface area contributed by atoms with Crippen LogP contribution in [0.3, 0.4) is 0 Å². The quantitative estimate of drug-likeness (QED) is 0.125. The van der Waals surface area contributed by atoms with E-state index in [-0.39, 0.29) is 11.1 Å². The number of aryl methyl sites for hydroxylation is 2. The predicted molar refractivity (Wildman–Crippen MR) is 139 cm³/mol. The van der Waals surface area contributed by atoms with Crippen molar-refractivity contribution in [2.24, 2.45) is 10.9 Å². The van der Waals surface area contributed by atoms with E-state index in [1.807, 2.05) is 77.2 Å². The third-order valence-electron chi connectivity index (χ3n) is 5.29. The smallest absolute Gasteiger partial charge is 0.263 e. The SMILES string of the molecule is C=C(O/C(=N\N)c1nc(-c2ccc([S+]([O-])C(C)C)cc2C)cnc1C)c1ccc(CNC)cc1. The number of aromatic nitrogens is 2. The van der Waals surface area contributed by atoms with Crippen molar-refractivity contribution in [3.05, 3.63) is 83.3 Å². The van der Waals surface area contributed by atoms with Gasteiger partial charge < -0.3 is 20.4 Å². The molecule has 0 saturated carbocycles. The molecule has 0 aliphatic rings. The van der Waals surface area contributed by atoms with E-state index < -0.39 is 11.2 Å². The first-order valence-corrected chi connectivity index (χ1v) is 12.2. The van der Waals surface area contributed by atoms with Crippen LogP contribution in [0, 0.1) is 13.8 Å². The molecule has 0 aliphatic carbocycles. The van der Waals surface area contributed by atoms with E-state index in [4.69, 9.17) is 15.6 Å². The summed E-state index contributed by atoms with van der Waals surface area (Å²) in [5.41, 5.74) is 5.50. The molecule has 2 aromatic carbocycles. The number of rotatable bonds is 8. The second-order valence-electron chi connectivity index (χ2n) is 8.20. The normalized spacial score (nSPS) is 12.6. The molecule has 0 aliphatic heterocycles. The van der Waals surface area contributed by atoms with Gasteiger partial charge in [0.05, 0.1) is 17.6 Å². The lowest BCUT2D eigenvalue weighted by Crippen LogP contribution is -2.15. The molecule has 1 unspecified atom stereocenters. The lowest BCUT2D eigenvalue weighted by atomic mass is 10.1. The number of ether oxygens (including phenoxy) is 1. The van der Waals surface area contributed by atoms with Crippen LogP contribution in [0.1, 0.15) is 41.9 Å². The van der Waals surface area contributed by atoms with Crippen LogP contribution in [0.4, 0.5) is 0 Å². The van der Waals surface area contributed by atoms with E-state index in [1.165, 1.54) is 0 Å². The van der Waals surface area contributed by atoms with Gasteiger partial charge in [-0.15, -0.1) is 5.10 Å². The van der Waals surface area contributed by atoms with Crippen molar-refractivity contribution >= 4 is 22.8 Å². The number of nitrogens with two attached hydrogens (primary N) is 1. The van der Waals surface area contributed by atoms with E-state index in [0.717, 1.165) is 33.7 Å². The highest BCUT2D eigenvalue weighted by Crippen LogP contribution is 2.27. The first kappa shape index (κ1) is 25.4. The Bertz CT molecular complexity index is 1190. The zero-order chi connectivity index (χ0) is 24.8. The molecule has 0 radical (unpaired) electrons. The average Bonchev–Trinajstić information content (AvgIpc) is 2.83. The van der Waals surface area contributed by atoms with Gasteiger partial charge in [-0.05, 0) is 75.2 Å². The van der Waals surface area contributed by atoms with Crippen LogP contribution in [-0.2, 0) is 22.5 Å². The highest BCUT2D eigenvalue weighted by molar-refractivity contribution is 7.92. The average molecular weight is 478 g/mol. The molecule has 0 fully saturated rings. The number of nitrogens with one attached hydrogen (secondary N) is 1. The van der Waals surface area contributed by atoms with Crippen molar-refractivity contribution in [3.8, 4) is 11.3 Å². The molecular weight excluding hydrogens is 446 g/mol. The molecule has 0 bridgehead atoms. The van der Waals surface area contributed by atoms with Gasteiger partial charge in [-0.2, -0.15) is 0 Å². The Labute approximate surface area is 204 Å². The van der Waals surface area contributed by atoms with Crippen LogP contribution in [0.15, 0.2) is 65.2 Å². The molecular formula is C26H31N5O2S. The summed E-state index contributed by atoms with van der Waals surface area (Å²) in [4.78, 5) is 10.0.